The molecule has 2 aromatic carbocycles. The number of anilines is 1. The van der Waals surface area contributed by atoms with Crippen LogP contribution < -0.4 is 15.4 Å². The Balaban J connectivity index is 1.62. The van der Waals surface area contributed by atoms with Crippen molar-refractivity contribution >= 4 is 17.5 Å². The van der Waals surface area contributed by atoms with Crippen molar-refractivity contribution in [2.24, 2.45) is 0 Å². The molecule has 0 aromatic heterocycles. The highest BCUT2D eigenvalue weighted by molar-refractivity contribution is 6.06. The van der Waals surface area contributed by atoms with Crippen molar-refractivity contribution in [3.63, 3.8) is 0 Å². The molecule has 0 unspecified atom stereocenters. The highest BCUT2D eigenvalue weighted by Gasteiger charge is 2.17. The molecule has 0 saturated heterocycles. The molecule has 1 aliphatic carbocycles. The van der Waals surface area contributed by atoms with Crippen LogP contribution in [0.15, 0.2) is 48.5 Å². The average Bonchev–Trinajstić information content (AvgIpc) is 2.69. The lowest BCUT2D eigenvalue weighted by atomic mass is 9.95. The van der Waals surface area contributed by atoms with Gasteiger partial charge in [0.25, 0.3) is 11.8 Å². The zero-order valence-corrected chi connectivity index (χ0v) is 16.5. The van der Waals surface area contributed by atoms with E-state index in [2.05, 4.69) is 10.6 Å². The molecule has 1 aliphatic rings. The lowest BCUT2D eigenvalue weighted by molar-refractivity contribution is 0.0927. The summed E-state index contributed by atoms with van der Waals surface area (Å²) in [6, 6.07) is 14.4. The molecular weight excluding hydrogens is 352 g/mol. The van der Waals surface area contributed by atoms with Crippen LogP contribution in [-0.2, 0) is 0 Å². The van der Waals surface area contributed by atoms with Gasteiger partial charge in [0.15, 0.2) is 0 Å². The maximum absolute atomic E-state index is 12.6. The molecule has 2 amide bonds. The van der Waals surface area contributed by atoms with Crippen LogP contribution in [0.1, 0.15) is 66.7 Å². The number of hydrogen-bond donors (Lipinski definition) is 2. The van der Waals surface area contributed by atoms with Crippen molar-refractivity contribution in [2.45, 2.75) is 58.1 Å². The van der Waals surface area contributed by atoms with Crippen molar-refractivity contribution in [1.82, 2.24) is 5.32 Å². The van der Waals surface area contributed by atoms with Crippen molar-refractivity contribution < 1.29 is 14.3 Å². The smallest absolute Gasteiger partial charge is 0.259 e. The van der Waals surface area contributed by atoms with Crippen LogP contribution in [0, 0.1) is 0 Å². The van der Waals surface area contributed by atoms with Crippen LogP contribution in [0.2, 0.25) is 0 Å². The maximum Gasteiger partial charge on any atom is 0.259 e. The number of para-hydroxylation sites is 1. The quantitative estimate of drug-likeness (QED) is 0.757. The van der Waals surface area contributed by atoms with E-state index in [9.17, 15) is 9.59 Å². The number of carbonyl (C=O) groups is 2. The van der Waals surface area contributed by atoms with Gasteiger partial charge in [-0.3, -0.25) is 9.59 Å². The van der Waals surface area contributed by atoms with Crippen LogP contribution in [0.25, 0.3) is 0 Å². The zero-order valence-electron chi connectivity index (χ0n) is 16.5. The normalized spacial score (nSPS) is 14.5. The third kappa shape index (κ3) is 5.35. The van der Waals surface area contributed by atoms with E-state index in [1.807, 2.05) is 19.9 Å². The number of hydrogen-bond acceptors (Lipinski definition) is 3. The highest BCUT2D eigenvalue weighted by Crippen LogP contribution is 2.22. The molecule has 1 saturated carbocycles. The number of nitrogens with one attached hydrogen (secondary N) is 2. The molecule has 0 bridgehead atoms. The Bertz CT molecular complexity index is 809. The van der Waals surface area contributed by atoms with Crippen LogP contribution >= 0.6 is 0 Å². The second-order valence-electron chi connectivity index (χ2n) is 7.50. The Morgan fingerprint density at radius 3 is 2.29 bits per heavy atom. The first-order valence-electron chi connectivity index (χ1n) is 10.0. The van der Waals surface area contributed by atoms with Crippen LogP contribution in [0.4, 0.5) is 5.69 Å². The molecular formula is C23H28N2O3. The van der Waals surface area contributed by atoms with E-state index >= 15 is 0 Å². The summed E-state index contributed by atoms with van der Waals surface area (Å²) < 4.78 is 5.71. The fraction of sp³-hybridized carbons (Fsp3) is 0.391. The van der Waals surface area contributed by atoms with Gasteiger partial charge < -0.3 is 15.4 Å². The topological polar surface area (TPSA) is 67.4 Å². The molecule has 2 N–H and O–H groups in total. The second kappa shape index (κ2) is 9.40. The van der Waals surface area contributed by atoms with E-state index in [1.165, 1.54) is 19.3 Å². The molecule has 0 heterocycles. The molecule has 0 spiro atoms. The van der Waals surface area contributed by atoms with Gasteiger partial charge in [0.2, 0.25) is 0 Å². The molecule has 0 aliphatic heterocycles. The Hall–Kier alpha value is -2.82. The van der Waals surface area contributed by atoms with Gasteiger partial charge >= 0.3 is 0 Å². The summed E-state index contributed by atoms with van der Waals surface area (Å²) in [5, 5.41) is 5.97. The molecule has 2 aromatic rings. The third-order valence-corrected chi connectivity index (χ3v) is 4.84. The predicted molar refractivity (Wildman–Crippen MR) is 111 cm³/mol. The van der Waals surface area contributed by atoms with Gasteiger partial charge in [-0.25, -0.2) is 0 Å². The van der Waals surface area contributed by atoms with Crippen LogP contribution in [0.3, 0.4) is 0 Å². The van der Waals surface area contributed by atoms with E-state index in [0.717, 1.165) is 12.8 Å². The summed E-state index contributed by atoms with van der Waals surface area (Å²) in [5.41, 5.74) is 1.72. The van der Waals surface area contributed by atoms with Gasteiger partial charge in [0.1, 0.15) is 5.75 Å². The molecule has 1 fully saturated rings. The molecule has 28 heavy (non-hydrogen) atoms. The van der Waals surface area contributed by atoms with Gasteiger partial charge in [0.05, 0.1) is 11.7 Å². The summed E-state index contributed by atoms with van der Waals surface area (Å²) in [6.07, 6.45) is 5.70. The number of carbonyl (C=O) groups excluding carboxylic acids is 2. The van der Waals surface area contributed by atoms with Gasteiger partial charge in [-0.2, -0.15) is 0 Å². The number of benzene rings is 2. The lowest BCUT2D eigenvalue weighted by Gasteiger charge is -2.22. The van der Waals surface area contributed by atoms with E-state index in [1.54, 1.807) is 42.5 Å². The first kappa shape index (κ1) is 19.9. The number of rotatable bonds is 6. The Labute approximate surface area is 166 Å². The summed E-state index contributed by atoms with van der Waals surface area (Å²) in [7, 11) is 0. The van der Waals surface area contributed by atoms with Crippen LogP contribution in [-0.4, -0.2) is 24.0 Å². The first-order chi connectivity index (χ1) is 13.5. The largest absolute Gasteiger partial charge is 0.490 e. The van der Waals surface area contributed by atoms with E-state index in [4.69, 9.17) is 4.74 Å². The minimum Gasteiger partial charge on any atom is -0.490 e. The van der Waals surface area contributed by atoms with E-state index in [0.29, 0.717) is 22.6 Å². The number of ether oxygens (including phenoxy) is 1. The fourth-order valence-corrected chi connectivity index (χ4v) is 3.43. The van der Waals surface area contributed by atoms with Crippen molar-refractivity contribution in [2.75, 3.05) is 5.32 Å². The van der Waals surface area contributed by atoms with Gasteiger partial charge in [0, 0.05) is 17.3 Å². The molecule has 5 heteroatoms. The summed E-state index contributed by atoms with van der Waals surface area (Å²) in [5.74, 6) is 0.259. The fourth-order valence-electron chi connectivity index (χ4n) is 3.43. The Morgan fingerprint density at radius 1 is 0.929 bits per heavy atom. The SMILES string of the molecule is CC(C)Oc1ccccc1C(=O)Nc1ccc(C(=O)NC2CCCCC2)cc1. The van der Waals surface area contributed by atoms with Crippen LogP contribution in [0.5, 0.6) is 5.75 Å². The van der Waals surface area contributed by atoms with Crippen molar-refractivity contribution in [3.05, 3.63) is 59.7 Å². The highest BCUT2D eigenvalue weighted by atomic mass is 16.5. The number of amides is 2. The first-order valence-corrected chi connectivity index (χ1v) is 10.0. The Kier molecular flexibility index (Phi) is 6.69. The minimum absolute atomic E-state index is 0.0177. The van der Waals surface area contributed by atoms with E-state index in [-0.39, 0.29) is 24.0 Å². The molecule has 0 atom stereocenters. The standard InChI is InChI=1S/C23H28N2O3/c1-16(2)28-21-11-7-6-10-20(21)23(27)25-19-14-12-17(13-15-19)22(26)24-18-8-4-3-5-9-18/h6-7,10-16,18H,3-5,8-9H2,1-2H3,(H,24,26)(H,25,27). The summed E-state index contributed by atoms with van der Waals surface area (Å²) in [6.45, 7) is 3.84. The molecule has 3 rings (SSSR count). The maximum atomic E-state index is 12.6. The predicted octanol–water partition coefficient (Wildman–Crippen LogP) is 4.79. The van der Waals surface area contributed by atoms with Gasteiger partial charge in [-0.1, -0.05) is 31.4 Å². The summed E-state index contributed by atoms with van der Waals surface area (Å²) >= 11 is 0. The third-order valence-electron chi connectivity index (χ3n) is 4.84. The lowest BCUT2D eigenvalue weighted by Crippen LogP contribution is -2.36. The second-order valence-corrected chi connectivity index (χ2v) is 7.50. The van der Waals surface area contributed by atoms with Gasteiger partial charge in [-0.05, 0) is 63.1 Å². The summed E-state index contributed by atoms with van der Waals surface area (Å²) in [4.78, 5) is 25.0. The van der Waals surface area contributed by atoms with Crippen molar-refractivity contribution in [3.8, 4) is 5.75 Å². The Morgan fingerprint density at radius 2 is 1.61 bits per heavy atom. The van der Waals surface area contributed by atoms with Gasteiger partial charge in [-0.15, -0.1) is 0 Å². The van der Waals surface area contributed by atoms with E-state index < -0.39 is 0 Å². The molecule has 5 nitrogen and oxygen atoms in total. The van der Waals surface area contributed by atoms with Crippen molar-refractivity contribution in [1.29, 1.82) is 0 Å². The molecule has 148 valence electrons. The molecule has 0 radical (unpaired) electrons. The average molecular weight is 380 g/mol. The zero-order chi connectivity index (χ0) is 19.9. The monoisotopic (exact) mass is 380 g/mol. The minimum atomic E-state index is -0.240.